The lowest BCUT2D eigenvalue weighted by Crippen LogP contribution is -2.51. The average Bonchev–Trinajstić information content (AvgIpc) is 2.78. The van der Waals surface area contributed by atoms with Crippen molar-refractivity contribution in [3.8, 4) is 5.75 Å². The van der Waals surface area contributed by atoms with E-state index in [0.717, 1.165) is 5.56 Å². The molecule has 0 heterocycles. The lowest BCUT2D eigenvalue weighted by Gasteiger charge is -2.31. The van der Waals surface area contributed by atoms with E-state index in [1.165, 1.54) is 24.1 Å². The summed E-state index contributed by atoms with van der Waals surface area (Å²) in [7, 11) is 1.53. The summed E-state index contributed by atoms with van der Waals surface area (Å²) >= 11 is 1.55. The van der Waals surface area contributed by atoms with Gasteiger partial charge in [-0.05, 0) is 75.5 Å². The molecule has 2 unspecified atom stereocenters. The number of para-hydroxylation sites is 1. The Morgan fingerprint density at radius 2 is 1.71 bits per heavy atom. The van der Waals surface area contributed by atoms with Gasteiger partial charge in [-0.3, -0.25) is 9.59 Å². The van der Waals surface area contributed by atoms with E-state index in [9.17, 15) is 19.5 Å². The lowest BCUT2D eigenvalue weighted by atomic mass is 10.0. The first-order valence-electron chi connectivity index (χ1n) is 11.3. The van der Waals surface area contributed by atoms with E-state index < -0.39 is 35.6 Å². The summed E-state index contributed by atoms with van der Waals surface area (Å²) in [6.07, 6.45) is 1.58. The Kier molecular flexibility index (Phi) is 10.0. The number of thioether (sulfide) groups is 1. The maximum Gasteiger partial charge on any atom is 0.408 e. The molecule has 2 rings (SSSR count). The van der Waals surface area contributed by atoms with Crippen molar-refractivity contribution < 1.29 is 24.2 Å². The van der Waals surface area contributed by atoms with Gasteiger partial charge in [-0.25, -0.2) is 4.79 Å². The largest absolute Gasteiger partial charge is 0.508 e. The zero-order valence-corrected chi connectivity index (χ0v) is 21.9. The lowest BCUT2D eigenvalue weighted by molar-refractivity contribution is -0.139. The predicted octanol–water partition coefficient (Wildman–Crippen LogP) is 4.49. The zero-order chi connectivity index (χ0) is 26.2. The third-order valence-corrected chi connectivity index (χ3v) is 5.84. The van der Waals surface area contributed by atoms with Gasteiger partial charge in [0.2, 0.25) is 5.91 Å². The quantitative estimate of drug-likeness (QED) is 0.467. The number of alkyl carbamates (subject to hydrolysis) is 1. The monoisotopic (exact) mass is 501 g/mol. The molecule has 2 atom stereocenters. The first-order valence-corrected chi connectivity index (χ1v) is 12.7. The summed E-state index contributed by atoms with van der Waals surface area (Å²) in [6, 6.07) is 11.6. The third kappa shape index (κ3) is 8.51. The second-order valence-corrected chi connectivity index (χ2v) is 10.2. The number of phenols is 1. The molecule has 0 saturated carbocycles. The minimum Gasteiger partial charge on any atom is -0.508 e. The highest BCUT2D eigenvalue weighted by atomic mass is 32.2. The van der Waals surface area contributed by atoms with Crippen LogP contribution >= 0.6 is 11.8 Å². The summed E-state index contributed by atoms with van der Waals surface area (Å²) in [5, 5.41) is 15.3. The fraction of sp³-hybridized carbons (Fsp3) is 0.423. The number of hydrogen-bond acceptors (Lipinski definition) is 6. The molecule has 0 spiro atoms. The number of hydrogen-bond donors (Lipinski definition) is 3. The van der Waals surface area contributed by atoms with Crippen LogP contribution in [0, 0.1) is 6.92 Å². The number of rotatable bonds is 9. The topological polar surface area (TPSA) is 108 Å². The van der Waals surface area contributed by atoms with Crippen molar-refractivity contribution in [1.82, 2.24) is 10.2 Å². The highest BCUT2D eigenvalue weighted by molar-refractivity contribution is 7.98. The van der Waals surface area contributed by atoms with Gasteiger partial charge >= 0.3 is 6.09 Å². The number of likely N-dealkylation sites (N-methyl/N-ethyl adjacent to an activating group) is 1. The first-order chi connectivity index (χ1) is 16.4. The molecule has 190 valence electrons. The Morgan fingerprint density at radius 3 is 2.29 bits per heavy atom. The van der Waals surface area contributed by atoms with Crippen LogP contribution < -0.4 is 10.6 Å². The van der Waals surface area contributed by atoms with Gasteiger partial charge in [0.05, 0.1) is 0 Å². The molecule has 0 saturated heterocycles. The summed E-state index contributed by atoms with van der Waals surface area (Å²) in [5.74, 6) is -0.172. The Labute approximate surface area is 211 Å². The molecule has 35 heavy (non-hydrogen) atoms. The van der Waals surface area contributed by atoms with Crippen LogP contribution in [0.15, 0.2) is 48.5 Å². The molecule has 2 aromatic rings. The Morgan fingerprint density at radius 1 is 1.09 bits per heavy atom. The molecule has 0 aliphatic heterocycles. The number of amides is 3. The van der Waals surface area contributed by atoms with Gasteiger partial charge in [-0.2, -0.15) is 11.8 Å². The highest BCUT2D eigenvalue weighted by Crippen LogP contribution is 2.26. The van der Waals surface area contributed by atoms with Crippen LogP contribution in [-0.2, 0) is 14.3 Å². The molecule has 2 aromatic carbocycles. The van der Waals surface area contributed by atoms with Gasteiger partial charge in [-0.15, -0.1) is 0 Å². The first kappa shape index (κ1) is 28.0. The number of carbonyl (C=O) groups excluding carboxylic acids is 3. The van der Waals surface area contributed by atoms with E-state index in [1.54, 1.807) is 50.7 Å². The van der Waals surface area contributed by atoms with Crippen LogP contribution in [0.5, 0.6) is 5.75 Å². The number of ether oxygens (including phenoxy) is 1. The third-order valence-electron chi connectivity index (χ3n) is 5.19. The molecule has 0 bridgehead atoms. The van der Waals surface area contributed by atoms with Gasteiger partial charge < -0.3 is 25.4 Å². The predicted molar refractivity (Wildman–Crippen MR) is 140 cm³/mol. The van der Waals surface area contributed by atoms with Crippen LogP contribution in [0.3, 0.4) is 0 Å². The molecule has 3 amide bonds. The van der Waals surface area contributed by atoms with Gasteiger partial charge in [0, 0.05) is 12.7 Å². The van der Waals surface area contributed by atoms with Crippen molar-refractivity contribution in [2.45, 2.75) is 51.8 Å². The summed E-state index contributed by atoms with van der Waals surface area (Å²) in [5.41, 5.74) is 1.31. The second kappa shape index (κ2) is 12.5. The van der Waals surface area contributed by atoms with Crippen molar-refractivity contribution in [2.75, 3.05) is 24.4 Å². The number of nitrogens with one attached hydrogen (secondary N) is 2. The van der Waals surface area contributed by atoms with E-state index in [2.05, 4.69) is 10.6 Å². The molecule has 8 nitrogen and oxygen atoms in total. The van der Waals surface area contributed by atoms with Crippen LogP contribution in [0.25, 0.3) is 0 Å². The molecule has 3 N–H and O–H groups in total. The van der Waals surface area contributed by atoms with Crippen LogP contribution in [-0.4, -0.2) is 58.6 Å². The van der Waals surface area contributed by atoms with Crippen molar-refractivity contribution in [2.24, 2.45) is 0 Å². The smallest absolute Gasteiger partial charge is 0.408 e. The summed E-state index contributed by atoms with van der Waals surface area (Å²) in [4.78, 5) is 40.8. The van der Waals surface area contributed by atoms with E-state index in [0.29, 0.717) is 23.4 Å². The Hall–Kier alpha value is -3.20. The number of anilines is 1. The van der Waals surface area contributed by atoms with E-state index >= 15 is 0 Å². The Bertz CT molecular complexity index is 1020. The number of phenolic OH excluding ortho intramolecular Hbond substituents is 1. The summed E-state index contributed by atoms with van der Waals surface area (Å²) < 4.78 is 5.34. The summed E-state index contributed by atoms with van der Waals surface area (Å²) in [6.45, 7) is 7.11. The molecule has 0 aliphatic carbocycles. The molecule has 9 heteroatoms. The molecule has 0 aromatic heterocycles. The van der Waals surface area contributed by atoms with Gasteiger partial charge in [0.15, 0.2) is 0 Å². The Balaban J connectivity index is 2.35. The van der Waals surface area contributed by atoms with Gasteiger partial charge in [0.25, 0.3) is 5.91 Å². The fourth-order valence-electron chi connectivity index (χ4n) is 3.44. The van der Waals surface area contributed by atoms with Gasteiger partial charge in [0.1, 0.15) is 23.4 Å². The number of benzene rings is 2. The van der Waals surface area contributed by atoms with E-state index in [1.807, 2.05) is 31.4 Å². The number of aryl methyl sites for hydroxylation is 1. The molecule has 0 fully saturated rings. The van der Waals surface area contributed by atoms with Crippen molar-refractivity contribution in [3.05, 3.63) is 59.7 Å². The number of nitrogens with zero attached hydrogens (tertiary/aromatic N) is 1. The number of carbonyl (C=O) groups is 3. The van der Waals surface area contributed by atoms with Crippen LogP contribution in [0.1, 0.15) is 44.4 Å². The standard InChI is InChI=1S/C26H35N3O5S/c1-17-9-7-8-10-20(17)27-23(31)22(18-11-13-19(30)14-12-18)29(5)24(32)21(15-16-35-6)28-25(33)34-26(2,3)4/h7-14,21-22,30H,15-16H2,1-6H3,(H,27,31)(H,28,33). The minimum absolute atomic E-state index is 0.0465. The highest BCUT2D eigenvalue weighted by Gasteiger charge is 2.34. The molecular formula is C26H35N3O5S. The van der Waals surface area contributed by atoms with E-state index in [4.69, 9.17) is 4.74 Å². The van der Waals surface area contributed by atoms with Crippen LogP contribution in [0.4, 0.5) is 10.5 Å². The minimum atomic E-state index is -1.00. The zero-order valence-electron chi connectivity index (χ0n) is 21.1. The van der Waals surface area contributed by atoms with Crippen molar-refractivity contribution in [3.63, 3.8) is 0 Å². The maximum absolute atomic E-state index is 13.6. The second-order valence-electron chi connectivity index (χ2n) is 9.23. The molecular weight excluding hydrogens is 466 g/mol. The SMILES string of the molecule is CSCCC(NC(=O)OC(C)(C)C)C(=O)N(C)C(C(=O)Nc1ccccc1C)c1ccc(O)cc1. The maximum atomic E-state index is 13.6. The fourth-order valence-corrected chi connectivity index (χ4v) is 3.91. The number of aromatic hydroxyl groups is 1. The van der Waals surface area contributed by atoms with Crippen molar-refractivity contribution >= 4 is 35.4 Å². The normalized spacial score (nSPS) is 12.9. The molecule has 0 aliphatic rings. The molecule has 0 radical (unpaired) electrons. The van der Waals surface area contributed by atoms with E-state index in [-0.39, 0.29) is 5.75 Å². The average molecular weight is 502 g/mol. The van der Waals surface area contributed by atoms with Crippen molar-refractivity contribution in [1.29, 1.82) is 0 Å². The van der Waals surface area contributed by atoms with Gasteiger partial charge in [-0.1, -0.05) is 30.3 Å². The van der Waals surface area contributed by atoms with Crippen LogP contribution in [0.2, 0.25) is 0 Å².